The summed E-state index contributed by atoms with van der Waals surface area (Å²) in [5, 5.41) is 3.31. The monoisotopic (exact) mass is 213 g/mol. The Morgan fingerprint density at radius 3 is 2.47 bits per heavy atom. The smallest absolute Gasteiger partial charge is 0.322 e. The zero-order valence-corrected chi connectivity index (χ0v) is 10.2. The second-order valence-corrected chi connectivity index (χ2v) is 4.81. The fourth-order valence-electron chi connectivity index (χ4n) is 2.03. The van der Waals surface area contributed by atoms with E-state index in [0.717, 1.165) is 11.8 Å². The lowest BCUT2D eigenvalue weighted by molar-refractivity contribution is -0.145. The molecule has 1 fully saturated rings. The van der Waals surface area contributed by atoms with Gasteiger partial charge in [0.1, 0.15) is 6.04 Å². The summed E-state index contributed by atoms with van der Waals surface area (Å²) >= 11 is 0. The summed E-state index contributed by atoms with van der Waals surface area (Å²) in [5.74, 6) is 1.46. The number of ether oxygens (including phenoxy) is 1. The SMILES string of the molecule is CCOC(=O)C(C)NC1CC(C(C)C)C1. The molecule has 0 aromatic rings. The fraction of sp³-hybridized carbons (Fsp3) is 0.917. The number of carbonyl (C=O) groups is 1. The maximum absolute atomic E-state index is 11.3. The zero-order valence-electron chi connectivity index (χ0n) is 10.2. The Hall–Kier alpha value is -0.570. The van der Waals surface area contributed by atoms with Crippen LogP contribution in [0.4, 0.5) is 0 Å². The van der Waals surface area contributed by atoms with Crippen molar-refractivity contribution < 1.29 is 9.53 Å². The molecule has 0 aromatic heterocycles. The van der Waals surface area contributed by atoms with E-state index in [4.69, 9.17) is 4.74 Å². The first-order valence-electron chi connectivity index (χ1n) is 5.97. The number of hydrogen-bond acceptors (Lipinski definition) is 3. The Morgan fingerprint density at radius 2 is 2.00 bits per heavy atom. The van der Waals surface area contributed by atoms with Crippen molar-refractivity contribution in [1.29, 1.82) is 0 Å². The van der Waals surface area contributed by atoms with Crippen LogP contribution in [0, 0.1) is 11.8 Å². The molecule has 0 aliphatic heterocycles. The van der Waals surface area contributed by atoms with Crippen LogP contribution in [-0.2, 0) is 9.53 Å². The average molecular weight is 213 g/mol. The van der Waals surface area contributed by atoms with Crippen molar-refractivity contribution in [2.45, 2.75) is 52.6 Å². The Bertz CT molecular complexity index is 210. The van der Waals surface area contributed by atoms with Crippen molar-refractivity contribution in [2.24, 2.45) is 11.8 Å². The largest absolute Gasteiger partial charge is 0.465 e. The van der Waals surface area contributed by atoms with Gasteiger partial charge in [-0.15, -0.1) is 0 Å². The molecule has 0 saturated heterocycles. The lowest BCUT2D eigenvalue weighted by Crippen LogP contribution is -2.49. The van der Waals surface area contributed by atoms with Crippen LogP contribution in [0.15, 0.2) is 0 Å². The lowest BCUT2D eigenvalue weighted by atomic mass is 9.73. The van der Waals surface area contributed by atoms with E-state index >= 15 is 0 Å². The molecule has 88 valence electrons. The highest BCUT2D eigenvalue weighted by molar-refractivity contribution is 5.75. The van der Waals surface area contributed by atoms with Crippen LogP contribution in [0.2, 0.25) is 0 Å². The van der Waals surface area contributed by atoms with Crippen molar-refractivity contribution in [3.63, 3.8) is 0 Å². The van der Waals surface area contributed by atoms with Gasteiger partial charge in [0.15, 0.2) is 0 Å². The zero-order chi connectivity index (χ0) is 11.4. The third-order valence-electron chi connectivity index (χ3n) is 3.24. The summed E-state index contributed by atoms with van der Waals surface area (Å²) in [6.45, 7) is 8.69. The molecule has 0 spiro atoms. The van der Waals surface area contributed by atoms with Crippen molar-refractivity contribution in [2.75, 3.05) is 6.61 Å². The van der Waals surface area contributed by atoms with Crippen molar-refractivity contribution in [3.05, 3.63) is 0 Å². The molecule has 1 N–H and O–H groups in total. The molecule has 1 aliphatic rings. The Balaban J connectivity index is 2.18. The first-order valence-corrected chi connectivity index (χ1v) is 5.97. The van der Waals surface area contributed by atoms with E-state index in [-0.39, 0.29) is 12.0 Å². The third-order valence-corrected chi connectivity index (χ3v) is 3.24. The van der Waals surface area contributed by atoms with Crippen LogP contribution < -0.4 is 5.32 Å². The topological polar surface area (TPSA) is 38.3 Å². The van der Waals surface area contributed by atoms with Gasteiger partial charge < -0.3 is 10.1 Å². The van der Waals surface area contributed by atoms with E-state index in [0.29, 0.717) is 12.6 Å². The van der Waals surface area contributed by atoms with Crippen LogP contribution in [-0.4, -0.2) is 24.7 Å². The predicted octanol–water partition coefficient (Wildman–Crippen LogP) is 1.96. The highest BCUT2D eigenvalue weighted by atomic mass is 16.5. The summed E-state index contributed by atoms with van der Waals surface area (Å²) in [4.78, 5) is 11.3. The summed E-state index contributed by atoms with van der Waals surface area (Å²) in [7, 11) is 0. The Morgan fingerprint density at radius 1 is 1.40 bits per heavy atom. The Kier molecular flexibility index (Phi) is 4.58. The van der Waals surface area contributed by atoms with Crippen LogP contribution in [0.3, 0.4) is 0 Å². The molecule has 0 aromatic carbocycles. The van der Waals surface area contributed by atoms with Crippen molar-refractivity contribution >= 4 is 5.97 Å². The van der Waals surface area contributed by atoms with E-state index < -0.39 is 0 Å². The van der Waals surface area contributed by atoms with Crippen molar-refractivity contribution in [1.82, 2.24) is 5.32 Å². The highest BCUT2D eigenvalue weighted by Crippen LogP contribution is 2.33. The molecular weight excluding hydrogens is 190 g/mol. The van der Waals surface area contributed by atoms with Crippen LogP contribution >= 0.6 is 0 Å². The molecule has 1 aliphatic carbocycles. The quantitative estimate of drug-likeness (QED) is 0.709. The minimum atomic E-state index is -0.164. The van der Waals surface area contributed by atoms with E-state index in [1.165, 1.54) is 12.8 Å². The van der Waals surface area contributed by atoms with Gasteiger partial charge in [0.25, 0.3) is 0 Å². The molecular formula is C12H23NO2. The lowest BCUT2D eigenvalue weighted by Gasteiger charge is -2.39. The molecule has 1 atom stereocenters. The maximum atomic E-state index is 11.3. The summed E-state index contributed by atoms with van der Waals surface area (Å²) < 4.78 is 4.95. The van der Waals surface area contributed by atoms with E-state index in [2.05, 4.69) is 19.2 Å². The van der Waals surface area contributed by atoms with E-state index in [9.17, 15) is 4.79 Å². The van der Waals surface area contributed by atoms with Gasteiger partial charge in [-0.3, -0.25) is 4.79 Å². The molecule has 1 saturated carbocycles. The van der Waals surface area contributed by atoms with Gasteiger partial charge in [-0.1, -0.05) is 13.8 Å². The average Bonchev–Trinajstić information content (AvgIpc) is 2.09. The number of nitrogens with one attached hydrogen (secondary N) is 1. The molecule has 0 radical (unpaired) electrons. The van der Waals surface area contributed by atoms with Gasteiger partial charge in [-0.05, 0) is 38.5 Å². The fourth-order valence-corrected chi connectivity index (χ4v) is 2.03. The molecule has 15 heavy (non-hydrogen) atoms. The Labute approximate surface area is 92.6 Å². The van der Waals surface area contributed by atoms with Gasteiger partial charge in [0.05, 0.1) is 6.61 Å². The van der Waals surface area contributed by atoms with Gasteiger partial charge in [0.2, 0.25) is 0 Å². The molecule has 0 bridgehead atoms. The van der Waals surface area contributed by atoms with Gasteiger partial charge >= 0.3 is 5.97 Å². The molecule has 1 unspecified atom stereocenters. The number of carbonyl (C=O) groups excluding carboxylic acids is 1. The molecule has 1 rings (SSSR count). The highest BCUT2D eigenvalue weighted by Gasteiger charge is 2.32. The normalized spacial score (nSPS) is 27.3. The molecule has 0 heterocycles. The number of esters is 1. The standard InChI is InChI=1S/C12H23NO2/c1-5-15-12(14)9(4)13-11-6-10(7-11)8(2)3/h8-11,13H,5-7H2,1-4H3. The summed E-state index contributed by atoms with van der Waals surface area (Å²) in [5.41, 5.74) is 0. The van der Waals surface area contributed by atoms with Gasteiger partial charge in [-0.25, -0.2) is 0 Å². The number of rotatable bonds is 5. The van der Waals surface area contributed by atoms with E-state index in [1.807, 2.05) is 13.8 Å². The first-order chi connectivity index (χ1) is 7.04. The van der Waals surface area contributed by atoms with Crippen LogP contribution in [0.5, 0.6) is 0 Å². The maximum Gasteiger partial charge on any atom is 0.322 e. The first kappa shape index (κ1) is 12.5. The minimum Gasteiger partial charge on any atom is -0.465 e. The van der Waals surface area contributed by atoms with Crippen LogP contribution in [0.1, 0.15) is 40.5 Å². The summed E-state index contributed by atoms with van der Waals surface area (Å²) in [6.07, 6.45) is 2.39. The van der Waals surface area contributed by atoms with E-state index in [1.54, 1.807) is 0 Å². The van der Waals surface area contributed by atoms with Crippen LogP contribution in [0.25, 0.3) is 0 Å². The van der Waals surface area contributed by atoms with Gasteiger partial charge in [0, 0.05) is 6.04 Å². The summed E-state index contributed by atoms with van der Waals surface area (Å²) in [6, 6.07) is 0.347. The second-order valence-electron chi connectivity index (χ2n) is 4.81. The predicted molar refractivity (Wildman–Crippen MR) is 60.6 cm³/mol. The molecule has 3 nitrogen and oxygen atoms in total. The number of hydrogen-bond donors (Lipinski definition) is 1. The third kappa shape index (κ3) is 3.49. The molecule has 3 heteroatoms. The minimum absolute atomic E-state index is 0.134. The second kappa shape index (κ2) is 5.50. The molecule has 0 amide bonds. The van der Waals surface area contributed by atoms with Crippen molar-refractivity contribution in [3.8, 4) is 0 Å². The van der Waals surface area contributed by atoms with Gasteiger partial charge in [-0.2, -0.15) is 0 Å².